The molecule has 0 radical (unpaired) electrons. The van der Waals surface area contributed by atoms with E-state index in [-0.39, 0.29) is 23.8 Å². The number of aliphatic carboxylic acids is 1. The molecule has 0 heterocycles. The van der Waals surface area contributed by atoms with Crippen LogP contribution in [0.15, 0.2) is 18.2 Å². The second-order valence-electron chi connectivity index (χ2n) is 4.69. The zero-order valence-corrected chi connectivity index (χ0v) is 11.6. The number of benzene rings is 1. The van der Waals surface area contributed by atoms with Gasteiger partial charge >= 0.3 is 5.97 Å². The second kappa shape index (κ2) is 6.83. The second-order valence-corrected chi connectivity index (χ2v) is 4.69. The van der Waals surface area contributed by atoms with E-state index in [4.69, 9.17) is 10.8 Å². The number of carboxylic acid groups (broad SMARTS) is 1. The molecule has 1 rings (SSSR count). The van der Waals surface area contributed by atoms with Crippen LogP contribution in [-0.2, 0) is 9.59 Å². The van der Waals surface area contributed by atoms with Gasteiger partial charge in [0, 0.05) is 12.1 Å². The largest absolute Gasteiger partial charge is 0.478 e. The van der Waals surface area contributed by atoms with Gasteiger partial charge in [0.25, 0.3) is 0 Å². The van der Waals surface area contributed by atoms with Crippen LogP contribution in [-0.4, -0.2) is 29.6 Å². The quantitative estimate of drug-likeness (QED) is 0.784. The number of rotatable bonds is 6. The van der Waals surface area contributed by atoms with Gasteiger partial charge in [0.15, 0.2) is 0 Å². The third-order valence-electron chi connectivity index (χ3n) is 2.69. The summed E-state index contributed by atoms with van der Waals surface area (Å²) in [6, 6.07) is 1.64. The van der Waals surface area contributed by atoms with Gasteiger partial charge in [0.05, 0.1) is 6.54 Å². The topological polar surface area (TPSA) is 83.6 Å². The Morgan fingerprint density at radius 2 is 1.86 bits per heavy atom. The Morgan fingerprint density at radius 1 is 1.33 bits per heavy atom. The lowest BCUT2D eigenvalue weighted by Gasteiger charge is -2.28. The summed E-state index contributed by atoms with van der Waals surface area (Å²) >= 11 is 0. The van der Waals surface area contributed by atoms with E-state index < -0.39 is 23.5 Å². The molecule has 0 aliphatic carbocycles. The number of halogens is 2. The number of hydrogen-bond acceptors (Lipinski definition) is 3. The minimum absolute atomic E-state index is 0.0685. The molecule has 7 heteroatoms. The van der Waals surface area contributed by atoms with Crippen LogP contribution >= 0.6 is 0 Å². The first kappa shape index (κ1) is 16.6. The van der Waals surface area contributed by atoms with Crippen LogP contribution in [0.5, 0.6) is 0 Å². The van der Waals surface area contributed by atoms with E-state index in [2.05, 4.69) is 0 Å². The van der Waals surface area contributed by atoms with Gasteiger partial charge in [0.1, 0.15) is 17.3 Å². The van der Waals surface area contributed by atoms with Gasteiger partial charge in [-0.2, -0.15) is 0 Å². The third-order valence-corrected chi connectivity index (χ3v) is 2.69. The van der Waals surface area contributed by atoms with Crippen LogP contribution in [0.4, 0.5) is 14.5 Å². The van der Waals surface area contributed by atoms with Crippen molar-refractivity contribution >= 4 is 23.6 Å². The molecule has 0 bridgehead atoms. The number of hydrogen-bond donors (Lipinski definition) is 2. The highest BCUT2D eigenvalue weighted by Gasteiger charge is 2.21. The van der Waals surface area contributed by atoms with Crippen molar-refractivity contribution in [3.05, 3.63) is 35.4 Å². The van der Waals surface area contributed by atoms with E-state index in [1.807, 2.05) is 0 Å². The molecular formula is C14H16F2N2O3. The maximum absolute atomic E-state index is 14.1. The monoisotopic (exact) mass is 298 g/mol. The van der Waals surface area contributed by atoms with Gasteiger partial charge < -0.3 is 15.7 Å². The lowest BCUT2D eigenvalue weighted by atomic mass is 10.1. The van der Waals surface area contributed by atoms with Gasteiger partial charge in [0.2, 0.25) is 5.91 Å². The standard InChI is InChI=1S/C14H16F2N2O3/c1-8(2)18(7-12(17)19)14-10(15)5-9(6-11(14)16)3-4-13(20)21/h3-6,8H,7H2,1-2H3,(H2,17,19)(H,20,21). The molecule has 5 nitrogen and oxygen atoms in total. The van der Waals surface area contributed by atoms with Gasteiger partial charge in [-0.15, -0.1) is 0 Å². The van der Waals surface area contributed by atoms with Crippen LogP contribution in [0.1, 0.15) is 19.4 Å². The lowest BCUT2D eigenvalue weighted by Crippen LogP contribution is -2.39. The van der Waals surface area contributed by atoms with Gasteiger partial charge in [-0.25, -0.2) is 13.6 Å². The summed E-state index contributed by atoms with van der Waals surface area (Å²) < 4.78 is 28.2. The highest BCUT2D eigenvalue weighted by atomic mass is 19.1. The van der Waals surface area contributed by atoms with E-state index in [0.717, 1.165) is 24.3 Å². The molecule has 0 unspecified atom stereocenters. The van der Waals surface area contributed by atoms with Crippen molar-refractivity contribution in [1.29, 1.82) is 0 Å². The summed E-state index contributed by atoms with van der Waals surface area (Å²) in [4.78, 5) is 22.6. The molecule has 3 N–H and O–H groups in total. The van der Waals surface area contributed by atoms with E-state index in [1.54, 1.807) is 13.8 Å². The smallest absolute Gasteiger partial charge is 0.328 e. The predicted octanol–water partition coefficient (Wildman–Crippen LogP) is 1.76. The number of carbonyl (C=O) groups excluding carboxylic acids is 1. The number of primary amides is 1. The van der Waals surface area contributed by atoms with Crippen LogP contribution in [0.3, 0.4) is 0 Å². The molecular weight excluding hydrogens is 282 g/mol. The van der Waals surface area contributed by atoms with Crippen molar-refractivity contribution in [3.8, 4) is 0 Å². The highest BCUT2D eigenvalue weighted by Crippen LogP contribution is 2.27. The third kappa shape index (κ3) is 4.55. The molecule has 1 amide bonds. The Balaban J connectivity index is 3.24. The van der Waals surface area contributed by atoms with Crippen molar-refractivity contribution < 1.29 is 23.5 Å². The van der Waals surface area contributed by atoms with Gasteiger partial charge in [-0.05, 0) is 37.6 Å². The molecule has 0 spiro atoms. The molecule has 0 aliphatic rings. The first-order chi connectivity index (χ1) is 9.72. The van der Waals surface area contributed by atoms with Crippen molar-refractivity contribution in [2.45, 2.75) is 19.9 Å². The molecule has 114 valence electrons. The normalized spacial score (nSPS) is 11.1. The predicted molar refractivity (Wildman–Crippen MR) is 74.7 cm³/mol. The van der Waals surface area contributed by atoms with E-state index >= 15 is 0 Å². The molecule has 0 aliphatic heterocycles. The van der Waals surface area contributed by atoms with E-state index in [1.165, 1.54) is 4.90 Å². The molecule has 21 heavy (non-hydrogen) atoms. The minimum atomic E-state index is -1.22. The van der Waals surface area contributed by atoms with E-state index in [9.17, 15) is 18.4 Å². The summed E-state index contributed by atoms with van der Waals surface area (Å²) in [6.45, 7) is 3.01. The molecule has 0 atom stereocenters. The summed E-state index contributed by atoms with van der Waals surface area (Å²) in [7, 11) is 0. The summed E-state index contributed by atoms with van der Waals surface area (Å²) in [5.41, 5.74) is 4.78. The molecule has 0 aromatic heterocycles. The lowest BCUT2D eigenvalue weighted by molar-refractivity contribution is -0.131. The molecule has 1 aromatic carbocycles. The average molecular weight is 298 g/mol. The number of amides is 1. The van der Waals surface area contributed by atoms with Gasteiger partial charge in [-0.3, -0.25) is 4.79 Å². The average Bonchev–Trinajstić information content (AvgIpc) is 2.33. The number of carboxylic acids is 1. The van der Waals surface area contributed by atoms with Crippen LogP contribution in [0.25, 0.3) is 6.08 Å². The van der Waals surface area contributed by atoms with Crippen molar-refractivity contribution in [3.63, 3.8) is 0 Å². The zero-order chi connectivity index (χ0) is 16.2. The van der Waals surface area contributed by atoms with Crippen molar-refractivity contribution in [1.82, 2.24) is 0 Å². The fourth-order valence-electron chi connectivity index (χ4n) is 1.81. The van der Waals surface area contributed by atoms with Crippen molar-refractivity contribution in [2.24, 2.45) is 5.73 Å². The molecule has 0 saturated heterocycles. The maximum Gasteiger partial charge on any atom is 0.328 e. The van der Waals surface area contributed by atoms with Crippen molar-refractivity contribution in [2.75, 3.05) is 11.4 Å². The Hall–Kier alpha value is -2.44. The number of nitrogens with zero attached hydrogens (tertiary/aromatic N) is 1. The first-order valence-corrected chi connectivity index (χ1v) is 6.17. The first-order valence-electron chi connectivity index (χ1n) is 6.17. The Labute approximate surface area is 120 Å². The molecule has 0 saturated carbocycles. The number of anilines is 1. The van der Waals surface area contributed by atoms with E-state index in [0.29, 0.717) is 0 Å². The van der Waals surface area contributed by atoms with Crippen LogP contribution in [0.2, 0.25) is 0 Å². The zero-order valence-electron chi connectivity index (χ0n) is 11.6. The highest BCUT2D eigenvalue weighted by molar-refractivity contribution is 5.85. The Bertz CT molecular complexity index is 563. The van der Waals surface area contributed by atoms with Crippen LogP contribution < -0.4 is 10.6 Å². The van der Waals surface area contributed by atoms with Gasteiger partial charge in [-0.1, -0.05) is 0 Å². The number of carbonyl (C=O) groups is 2. The SMILES string of the molecule is CC(C)N(CC(N)=O)c1c(F)cc(C=CC(=O)O)cc1F. The summed E-state index contributed by atoms with van der Waals surface area (Å²) in [5.74, 6) is -3.72. The fourth-order valence-corrected chi connectivity index (χ4v) is 1.81. The Kier molecular flexibility index (Phi) is 5.40. The fraction of sp³-hybridized carbons (Fsp3) is 0.286. The maximum atomic E-state index is 14.1. The summed E-state index contributed by atoms with van der Waals surface area (Å²) in [5, 5.41) is 8.49. The summed E-state index contributed by atoms with van der Waals surface area (Å²) in [6.07, 6.45) is 1.85. The minimum Gasteiger partial charge on any atom is -0.478 e. The molecule has 1 aromatic rings. The molecule has 0 fully saturated rings. The number of nitrogens with two attached hydrogens (primary N) is 1. The Morgan fingerprint density at radius 3 is 2.24 bits per heavy atom. The van der Waals surface area contributed by atoms with Crippen LogP contribution in [0, 0.1) is 11.6 Å².